The van der Waals surface area contributed by atoms with Crippen LogP contribution >= 0.6 is 24.0 Å². The first-order valence-electron chi connectivity index (χ1n) is 9.16. The zero-order chi connectivity index (χ0) is 19.2. The predicted octanol–water partition coefficient (Wildman–Crippen LogP) is 4.22. The summed E-state index contributed by atoms with van der Waals surface area (Å²) >= 11 is 6.08. The van der Waals surface area contributed by atoms with Gasteiger partial charge in [-0.25, -0.2) is 0 Å². The summed E-state index contributed by atoms with van der Waals surface area (Å²) in [6.45, 7) is 1.93. The van der Waals surface area contributed by atoms with Crippen molar-refractivity contribution in [2.75, 3.05) is 32.5 Å². The molecule has 0 aromatic heterocycles. The van der Waals surface area contributed by atoms with Gasteiger partial charge in [0.2, 0.25) is 0 Å². The molecule has 1 aliphatic rings. The molecule has 2 N–H and O–H groups in total. The number of aryl methyl sites for hydroxylation is 1. The molecule has 1 aliphatic heterocycles. The van der Waals surface area contributed by atoms with Crippen LogP contribution in [-0.2, 0) is 11.2 Å². The molecule has 2 aromatic carbocycles. The molecule has 152 valence electrons. The lowest BCUT2D eigenvalue weighted by atomic mass is 10.1. The fourth-order valence-electron chi connectivity index (χ4n) is 3.30. The number of ether oxygens (including phenoxy) is 2. The summed E-state index contributed by atoms with van der Waals surface area (Å²) in [5.74, 6) is 0.332. The van der Waals surface area contributed by atoms with Crippen LogP contribution in [-0.4, -0.2) is 43.7 Å². The van der Waals surface area contributed by atoms with Crippen LogP contribution in [0.5, 0.6) is 5.75 Å². The monoisotopic (exact) mass is 424 g/mol. The second-order valence-corrected chi connectivity index (χ2v) is 7.10. The van der Waals surface area contributed by atoms with Gasteiger partial charge >= 0.3 is 0 Å². The quantitative estimate of drug-likeness (QED) is 0.533. The molecule has 1 saturated heterocycles. The molecular weight excluding hydrogens is 399 g/mol. The first-order valence-corrected chi connectivity index (χ1v) is 9.54. The molecule has 1 fully saturated rings. The Hall–Kier alpha value is -1.95. The van der Waals surface area contributed by atoms with Crippen LogP contribution in [0.1, 0.15) is 28.8 Å². The van der Waals surface area contributed by atoms with Crippen molar-refractivity contribution in [2.45, 2.75) is 25.4 Å². The summed E-state index contributed by atoms with van der Waals surface area (Å²) in [7, 11) is 1.52. The lowest BCUT2D eigenvalue weighted by molar-refractivity contribution is 0.0523. The smallest absolute Gasteiger partial charge is 0.257 e. The molecule has 0 aliphatic carbocycles. The minimum Gasteiger partial charge on any atom is -0.496 e. The summed E-state index contributed by atoms with van der Waals surface area (Å²) in [5.41, 5.74) is 7.94. The highest BCUT2D eigenvalue weighted by atomic mass is 35.5. The Labute approximate surface area is 177 Å². The number of nitrogens with two attached hydrogens (primary N) is 1. The highest BCUT2D eigenvalue weighted by molar-refractivity contribution is 6.33. The van der Waals surface area contributed by atoms with Gasteiger partial charge in [0, 0.05) is 25.8 Å². The van der Waals surface area contributed by atoms with Crippen molar-refractivity contribution < 1.29 is 14.3 Å². The van der Waals surface area contributed by atoms with E-state index < -0.39 is 0 Å². The van der Waals surface area contributed by atoms with E-state index in [9.17, 15) is 4.79 Å². The molecule has 28 heavy (non-hydrogen) atoms. The zero-order valence-electron chi connectivity index (χ0n) is 15.9. The van der Waals surface area contributed by atoms with Crippen molar-refractivity contribution in [3.8, 4) is 5.75 Å². The van der Waals surface area contributed by atoms with Crippen molar-refractivity contribution in [2.24, 2.45) is 0 Å². The van der Waals surface area contributed by atoms with E-state index in [2.05, 4.69) is 12.1 Å². The Bertz CT molecular complexity index is 787. The number of rotatable bonds is 7. The average Bonchev–Trinajstić information content (AvgIpc) is 3.16. The molecule has 7 heteroatoms. The number of carbonyl (C=O) groups excluding carboxylic acids is 1. The van der Waals surface area contributed by atoms with Crippen LogP contribution in [0, 0.1) is 0 Å². The van der Waals surface area contributed by atoms with Gasteiger partial charge in [-0.3, -0.25) is 4.79 Å². The number of likely N-dealkylation sites (tertiary alicyclic amines) is 1. The van der Waals surface area contributed by atoms with E-state index in [0.717, 1.165) is 19.3 Å². The molecular formula is C21H26Cl2N2O3. The van der Waals surface area contributed by atoms with E-state index in [1.165, 1.54) is 12.7 Å². The van der Waals surface area contributed by atoms with Crippen molar-refractivity contribution >= 4 is 35.6 Å². The highest BCUT2D eigenvalue weighted by Crippen LogP contribution is 2.30. The second-order valence-electron chi connectivity index (χ2n) is 6.70. The average molecular weight is 425 g/mol. The molecule has 3 rings (SSSR count). The molecule has 5 nitrogen and oxygen atoms in total. The van der Waals surface area contributed by atoms with Crippen LogP contribution in [0.3, 0.4) is 0 Å². The lowest BCUT2D eigenvalue weighted by Gasteiger charge is -2.19. The molecule has 0 spiro atoms. The molecule has 1 heterocycles. The minimum atomic E-state index is -0.107. The third kappa shape index (κ3) is 5.53. The van der Waals surface area contributed by atoms with Gasteiger partial charge in [-0.15, -0.1) is 12.4 Å². The Morgan fingerprint density at radius 1 is 1.29 bits per heavy atom. The molecule has 1 amide bonds. The van der Waals surface area contributed by atoms with Gasteiger partial charge in [0.1, 0.15) is 5.75 Å². The fourth-order valence-corrected chi connectivity index (χ4v) is 3.46. The third-order valence-electron chi connectivity index (χ3n) is 4.79. The van der Waals surface area contributed by atoms with Crippen LogP contribution in [0.15, 0.2) is 42.5 Å². The Balaban J connectivity index is 0.00000280. The molecule has 0 saturated carbocycles. The lowest BCUT2D eigenvalue weighted by Crippen LogP contribution is -2.30. The zero-order valence-corrected chi connectivity index (χ0v) is 17.5. The number of nitrogens with zero attached hydrogens (tertiary/aromatic N) is 1. The van der Waals surface area contributed by atoms with Crippen molar-refractivity contribution in [3.63, 3.8) is 0 Å². The number of amides is 1. The van der Waals surface area contributed by atoms with Gasteiger partial charge in [0.25, 0.3) is 5.91 Å². The van der Waals surface area contributed by atoms with E-state index in [0.29, 0.717) is 41.7 Å². The minimum absolute atomic E-state index is 0. The van der Waals surface area contributed by atoms with Gasteiger partial charge in [-0.1, -0.05) is 41.9 Å². The van der Waals surface area contributed by atoms with Crippen molar-refractivity contribution in [1.82, 2.24) is 4.90 Å². The van der Waals surface area contributed by atoms with E-state index in [-0.39, 0.29) is 24.4 Å². The normalized spacial score (nSPS) is 15.9. The Morgan fingerprint density at radius 3 is 2.75 bits per heavy atom. The molecule has 0 bridgehead atoms. The van der Waals surface area contributed by atoms with Gasteiger partial charge in [0.05, 0.1) is 29.5 Å². The van der Waals surface area contributed by atoms with Crippen LogP contribution in [0.4, 0.5) is 5.69 Å². The van der Waals surface area contributed by atoms with E-state index in [4.69, 9.17) is 26.8 Å². The largest absolute Gasteiger partial charge is 0.496 e. The number of hydrogen-bond donors (Lipinski definition) is 1. The highest BCUT2D eigenvalue weighted by Gasteiger charge is 2.29. The summed E-state index contributed by atoms with van der Waals surface area (Å²) in [6.07, 6.45) is 2.87. The maximum absolute atomic E-state index is 12.8. The van der Waals surface area contributed by atoms with Crippen LogP contribution in [0.2, 0.25) is 5.02 Å². The number of benzene rings is 2. The molecule has 2 aromatic rings. The number of methoxy groups -OCH3 is 1. The third-order valence-corrected chi connectivity index (χ3v) is 5.11. The first-order chi connectivity index (χ1) is 13.1. The van der Waals surface area contributed by atoms with Gasteiger partial charge in [-0.2, -0.15) is 0 Å². The number of anilines is 1. The Kier molecular flexibility index (Phi) is 8.42. The fraction of sp³-hybridized carbons (Fsp3) is 0.381. The first kappa shape index (κ1) is 22.3. The predicted molar refractivity (Wildman–Crippen MR) is 115 cm³/mol. The van der Waals surface area contributed by atoms with Crippen molar-refractivity contribution in [3.05, 3.63) is 58.6 Å². The summed E-state index contributed by atoms with van der Waals surface area (Å²) < 4.78 is 11.3. The standard InChI is InChI=1S/C21H25ClN2O3.ClH/c1-26-20-13-19(23)18(22)12-17(20)21(25)24-10-9-16(14-24)27-11-5-8-15-6-3-2-4-7-15;/h2-4,6-7,12-13,16H,5,8-11,14,23H2,1H3;1H. The summed E-state index contributed by atoms with van der Waals surface area (Å²) in [6, 6.07) is 13.5. The maximum atomic E-state index is 12.8. The van der Waals surface area contributed by atoms with E-state index in [1.807, 2.05) is 18.2 Å². The SMILES string of the molecule is COc1cc(N)c(Cl)cc1C(=O)N1CCC(OCCCc2ccccc2)C1.Cl. The van der Waals surface area contributed by atoms with E-state index >= 15 is 0 Å². The molecule has 1 atom stereocenters. The number of halogens is 2. The Morgan fingerprint density at radius 2 is 2.04 bits per heavy atom. The van der Waals surface area contributed by atoms with Crippen LogP contribution < -0.4 is 10.5 Å². The van der Waals surface area contributed by atoms with Crippen molar-refractivity contribution in [1.29, 1.82) is 0 Å². The topological polar surface area (TPSA) is 64.8 Å². The number of carbonyl (C=O) groups is 1. The molecule has 1 unspecified atom stereocenters. The maximum Gasteiger partial charge on any atom is 0.257 e. The van der Waals surface area contributed by atoms with Crippen LogP contribution in [0.25, 0.3) is 0 Å². The van der Waals surface area contributed by atoms with E-state index in [1.54, 1.807) is 17.0 Å². The van der Waals surface area contributed by atoms with Gasteiger partial charge < -0.3 is 20.1 Å². The summed E-state index contributed by atoms with van der Waals surface area (Å²) in [5, 5.41) is 0.354. The van der Waals surface area contributed by atoms with Gasteiger partial charge in [-0.05, 0) is 30.9 Å². The molecule has 0 radical (unpaired) electrons. The second kappa shape index (κ2) is 10.6. The van der Waals surface area contributed by atoms with Gasteiger partial charge in [0.15, 0.2) is 0 Å². The summed E-state index contributed by atoms with van der Waals surface area (Å²) in [4.78, 5) is 14.6. The number of nitrogen functional groups attached to an aromatic ring is 1. The number of hydrogen-bond acceptors (Lipinski definition) is 4.